The minimum atomic E-state index is -0.210. The molecule has 0 fully saturated rings. The highest BCUT2D eigenvalue weighted by Gasteiger charge is 2.13. The van der Waals surface area contributed by atoms with Crippen molar-refractivity contribution in [3.8, 4) is 11.1 Å². The maximum absolute atomic E-state index is 13.6. The zero-order valence-corrected chi connectivity index (χ0v) is 11.6. The van der Waals surface area contributed by atoms with Crippen LogP contribution in [0.5, 0.6) is 0 Å². The van der Waals surface area contributed by atoms with Crippen LogP contribution in [0, 0.1) is 12.7 Å². The van der Waals surface area contributed by atoms with Crippen LogP contribution >= 0.6 is 0 Å². The second-order valence-corrected chi connectivity index (χ2v) is 4.70. The monoisotopic (exact) mass is 258 g/mol. The summed E-state index contributed by atoms with van der Waals surface area (Å²) in [5.74, 6) is -0.210. The van der Waals surface area contributed by atoms with E-state index < -0.39 is 0 Å². The summed E-state index contributed by atoms with van der Waals surface area (Å²) >= 11 is 0. The van der Waals surface area contributed by atoms with Crippen LogP contribution in [0.15, 0.2) is 36.7 Å². The van der Waals surface area contributed by atoms with Crippen molar-refractivity contribution in [2.45, 2.75) is 26.8 Å². The average molecular weight is 258 g/mol. The van der Waals surface area contributed by atoms with Crippen LogP contribution < -0.4 is 5.32 Å². The molecule has 1 atom stereocenters. The third kappa shape index (κ3) is 2.99. The Kier molecular flexibility index (Phi) is 4.27. The number of nitrogens with one attached hydrogen (secondary N) is 1. The maximum Gasteiger partial charge on any atom is 0.123 e. The lowest BCUT2D eigenvalue weighted by Crippen LogP contribution is -2.18. The molecule has 1 N–H and O–H groups in total. The fraction of sp³-hybridized carbons (Fsp3) is 0.312. The standard InChI is InChI=1S/C16H19FN2/c1-4-19-12(3)15-6-5-13(17)9-16(15)14-7-8-18-10-11(14)2/h5-10,12,19H,4H2,1-3H3. The molecule has 0 spiro atoms. The third-order valence-electron chi connectivity index (χ3n) is 3.30. The van der Waals surface area contributed by atoms with E-state index in [1.165, 1.54) is 6.07 Å². The van der Waals surface area contributed by atoms with Crippen molar-refractivity contribution in [2.24, 2.45) is 0 Å². The lowest BCUT2D eigenvalue weighted by molar-refractivity contribution is 0.593. The lowest BCUT2D eigenvalue weighted by Gasteiger charge is -2.18. The minimum Gasteiger partial charge on any atom is -0.310 e. The van der Waals surface area contributed by atoms with Gasteiger partial charge in [-0.05, 0) is 60.8 Å². The first-order chi connectivity index (χ1) is 9.13. The predicted molar refractivity (Wildman–Crippen MR) is 76.5 cm³/mol. The number of aromatic nitrogens is 1. The highest BCUT2D eigenvalue weighted by molar-refractivity contribution is 5.70. The quantitative estimate of drug-likeness (QED) is 0.900. The van der Waals surface area contributed by atoms with E-state index in [0.29, 0.717) is 0 Å². The van der Waals surface area contributed by atoms with Crippen LogP contribution in [-0.2, 0) is 0 Å². The van der Waals surface area contributed by atoms with Crippen molar-refractivity contribution in [3.05, 3.63) is 53.6 Å². The fourth-order valence-corrected chi connectivity index (χ4v) is 2.33. The zero-order valence-electron chi connectivity index (χ0n) is 11.6. The summed E-state index contributed by atoms with van der Waals surface area (Å²) in [5, 5.41) is 3.37. The molecule has 1 aromatic carbocycles. The summed E-state index contributed by atoms with van der Waals surface area (Å²) in [7, 11) is 0. The second-order valence-electron chi connectivity index (χ2n) is 4.70. The largest absolute Gasteiger partial charge is 0.310 e. The van der Waals surface area contributed by atoms with Crippen molar-refractivity contribution in [2.75, 3.05) is 6.54 Å². The molecule has 100 valence electrons. The predicted octanol–water partition coefficient (Wildman–Crippen LogP) is 3.87. The first kappa shape index (κ1) is 13.7. The van der Waals surface area contributed by atoms with E-state index in [1.807, 2.05) is 25.3 Å². The van der Waals surface area contributed by atoms with E-state index in [2.05, 4.69) is 24.1 Å². The number of aryl methyl sites for hydroxylation is 1. The molecular formula is C16H19FN2. The van der Waals surface area contributed by atoms with Crippen LogP contribution in [0.3, 0.4) is 0 Å². The second kappa shape index (κ2) is 5.93. The highest BCUT2D eigenvalue weighted by atomic mass is 19.1. The molecule has 0 saturated carbocycles. The van der Waals surface area contributed by atoms with Gasteiger partial charge in [0.05, 0.1) is 0 Å². The number of nitrogens with zero attached hydrogens (tertiary/aromatic N) is 1. The summed E-state index contributed by atoms with van der Waals surface area (Å²) in [6, 6.07) is 7.10. The van der Waals surface area contributed by atoms with Crippen LogP contribution in [0.1, 0.15) is 31.0 Å². The third-order valence-corrected chi connectivity index (χ3v) is 3.30. The fourth-order valence-electron chi connectivity index (χ4n) is 2.33. The van der Waals surface area contributed by atoms with Gasteiger partial charge in [0.25, 0.3) is 0 Å². The summed E-state index contributed by atoms with van der Waals surface area (Å²) in [6.07, 6.45) is 3.55. The summed E-state index contributed by atoms with van der Waals surface area (Å²) in [4.78, 5) is 4.09. The van der Waals surface area contributed by atoms with Gasteiger partial charge in [-0.25, -0.2) is 4.39 Å². The van der Waals surface area contributed by atoms with E-state index in [0.717, 1.165) is 28.8 Å². The Bertz CT molecular complexity index is 566. The van der Waals surface area contributed by atoms with Gasteiger partial charge in [0.15, 0.2) is 0 Å². The topological polar surface area (TPSA) is 24.9 Å². The molecule has 3 heteroatoms. The molecule has 0 amide bonds. The van der Waals surface area contributed by atoms with Crippen molar-refractivity contribution in [3.63, 3.8) is 0 Å². The molecule has 0 saturated heterocycles. The van der Waals surface area contributed by atoms with Crippen LogP contribution in [0.4, 0.5) is 4.39 Å². The van der Waals surface area contributed by atoms with E-state index in [4.69, 9.17) is 0 Å². The van der Waals surface area contributed by atoms with E-state index in [9.17, 15) is 4.39 Å². The number of hydrogen-bond donors (Lipinski definition) is 1. The first-order valence-electron chi connectivity index (χ1n) is 6.57. The summed E-state index contributed by atoms with van der Waals surface area (Å²) in [5.41, 5.74) is 4.14. The van der Waals surface area contributed by atoms with Gasteiger partial charge in [-0.3, -0.25) is 4.98 Å². The molecule has 2 aromatic rings. The Morgan fingerprint density at radius 2 is 2.05 bits per heavy atom. The Hall–Kier alpha value is -1.74. The van der Waals surface area contributed by atoms with Crippen LogP contribution in [0.25, 0.3) is 11.1 Å². The minimum absolute atomic E-state index is 0.188. The zero-order chi connectivity index (χ0) is 13.8. The molecule has 1 unspecified atom stereocenters. The van der Waals surface area contributed by atoms with Crippen LogP contribution in [0.2, 0.25) is 0 Å². The lowest BCUT2D eigenvalue weighted by atomic mass is 9.93. The normalized spacial score (nSPS) is 12.4. The number of pyridine rings is 1. The van der Waals surface area contributed by atoms with Gasteiger partial charge in [-0.2, -0.15) is 0 Å². The highest BCUT2D eigenvalue weighted by Crippen LogP contribution is 2.30. The molecule has 0 radical (unpaired) electrons. The van der Waals surface area contributed by atoms with Crippen molar-refractivity contribution < 1.29 is 4.39 Å². The van der Waals surface area contributed by atoms with Gasteiger partial charge in [0, 0.05) is 18.4 Å². The smallest absolute Gasteiger partial charge is 0.123 e. The summed E-state index contributed by atoms with van der Waals surface area (Å²) < 4.78 is 13.6. The Morgan fingerprint density at radius 1 is 1.26 bits per heavy atom. The van der Waals surface area contributed by atoms with E-state index >= 15 is 0 Å². The Balaban J connectivity index is 2.55. The van der Waals surface area contributed by atoms with Crippen LogP contribution in [-0.4, -0.2) is 11.5 Å². The van der Waals surface area contributed by atoms with Gasteiger partial charge < -0.3 is 5.32 Å². The molecule has 0 bridgehead atoms. The average Bonchev–Trinajstić information content (AvgIpc) is 2.39. The van der Waals surface area contributed by atoms with Crippen molar-refractivity contribution in [1.29, 1.82) is 0 Å². The Morgan fingerprint density at radius 3 is 2.74 bits per heavy atom. The molecule has 2 nitrogen and oxygen atoms in total. The Labute approximate surface area is 113 Å². The van der Waals surface area contributed by atoms with Crippen molar-refractivity contribution in [1.82, 2.24) is 10.3 Å². The van der Waals surface area contributed by atoms with Gasteiger partial charge >= 0.3 is 0 Å². The van der Waals surface area contributed by atoms with Gasteiger partial charge in [-0.1, -0.05) is 13.0 Å². The van der Waals surface area contributed by atoms with Gasteiger partial charge in [0.1, 0.15) is 5.82 Å². The SMILES string of the molecule is CCNC(C)c1ccc(F)cc1-c1ccncc1C. The van der Waals surface area contributed by atoms with Gasteiger partial charge in [-0.15, -0.1) is 0 Å². The molecule has 1 heterocycles. The van der Waals surface area contributed by atoms with E-state index in [1.54, 1.807) is 12.3 Å². The molecule has 0 aliphatic heterocycles. The molecule has 0 aliphatic rings. The first-order valence-corrected chi connectivity index (χ1v) is 6.57. The van der Waals surface area contributed by atoms with Gasteiger partial charge in [0.2, 0.25) is 0 Å². The molecule has 1 aromatic heterocycles. The maximum atomic E-state index is 13.6. The summed E-state index contributed by atoms with van der Waals surface area (Å²) in [6.45, 7) is 7.04. The molecule has 2 rings (SSSR count). The number of halogens is 1. The molecule has 19 heavy (non-hydrogen) atoms. The van der Waals surface area contributed by atoms with E-state index in [-0.39, 0.29) is 11.9 Å². The number of hydrogen-bond acceptors (Lipinski definition) is 2. The number of benzene rings is 1. The molecular weight excluding hydrogens is 239 g/mol. The number of rotatable bonds is 4. The van der Waals surface area contributed by atoms with Crippen molar-refractivity contribution >= 4 is 0 Å². The molecule has 0 aliphatic carbocycles.